The molecule has 0 atom stereocenters. The first-order valence-corrected chi connectivity index (χ1v) is 13.6. The van der Waals surface area contributed by atoms with Crippen LogP contribution in [-0.4, -0.2) is 38.7 Å². The van der Waals surface area contributed by atoms with Gasteiger partial charge < -0.3 is 9.47 Å². The number of hydrogen-bond acceptors (Lipinski definition) is 5. The van der Waals surface area contributed by atoms with Gasteiger partial charge in [0.05, 0.1) is 0 Å². The van der Waals surface area contributed by atoms with E-state index in [0.29, 0.717) is 6.04 Å². The molecule has 5 rings (SSSR count). The number of rotatable bonds is 7. The molecule has 0 N–H and O–H groups in total. The fourth-order valence-corrected chi connectivity index (χ4v) is 6.48. The molecule has 0 spiro atoms. The van der Waals surface area contributed by atoms with Crippen LogP contribution >= 0.6 is 23.1 Å². The monoisotopic (exact) mass is 466 g/mol. The van der Waals surface area contributed by atoms with Crippen LogP contribution in [0.25, 0.3) is 0 Å². The molecule has 1 saturated carbocycles. The van der Waals surface area contributed by atoms with E-state index in [1.807, 2.05) is 17.0 Å². The van der Waals surface area contributed by atoms with Crippen LogP contribution in [0.1, 0.15) is 77.6 Å². The van der Waals surface area contributed by atoms with Crippen molar-refractivity contribution < 1.29 is 4.79 Å². The number of aromatic nitrogens is 3. The summed E-state index contributed by atoms with van der Waals surface area (Å²) in [6, 6.07) is 12.9. The Bertz CT molecular complexity index is 1020. The van der Waals surface area contributed by atoms with Gasteiger partial charge in [-0.1, -0.05) is 49.2 Å². The quantitative estimate of drug-likeness (QED) is 0.403. The van der Waals surface area contributed by atoms with Crippen LogP contribution in [0.4, 0.5) is 0 Å². The number of benzene rings is 1. The number of carbonyl (C=O) groups excluding carboxylic acids is 1. The standard InChI is InChI=1S/C25H30N4OS2/c30-24(28-14-4-5-15-28)20-12-10-19(11-13-20)18-32-25-27-26-23(17-22-9-6-16-31-22)29(25)21-7-2-1-3-8-21/h6,9-13,16,21H,1-5,7-8,14-15,17-18H2. The minimum absolute atomic E-state index is 0.164. The summed E-state index contributed by atoms with van der Waals surface area (Å²) in [6.07, 6.45) is 9.45. The number of hydrogen-bond donors (Lipinski definition) is 0. The van der Waals surface area contributed by atoms with Crippen LogP contribution in [0.15, 0.2) is 46.9 Å². The van der Waals surface area contributed by atoms with Crippen molar-refractivity contribution in [3.8, 4) is 0 Å². The Morgan fingerprint density at radius 3 is 2.50 bits per heavy atom. The molecule has 32 heavy (non-hydrogen) atoms. The topological polar surface area (TPSA) is 51.0 Å². The third-order valence-electron chi connectivity index (χ3n) is 6.55. The van der Waals surface area contributed by atoms with Crippen molar-refractivity contribution in [2.75, 3.05) is 13.1 Å². The average Bonchev–Trinajstić information content (AvgIpc) is 3.61. The molecule has 1 aliphatic heterocycles. The van der Waals surface area contributed by atoms with Crippen LogP contribution in [0, 0.1) is 0 Å². The predicted molar refractivity (Wildman–Crippen MR) is 130 cm³/mol. The maximum absolute atomic E-state index is 12.6. The van der Waals surface area contributed by atoms with Gasteiger partial charge in [0.25, 0.3) is 5.91 Å². The van der Waals surface area contributed by atoms with Crippen molar-refractivity contribution in [2.45, 2.75) is 68.3 Å². The lowest BCUT2D eigenvalue weighted by atomic mass is 9.95. The van der Waals surface area contributed by atoms with E-state index in [0.717, 1.165) is 54.6 Å². The van der Waals surface area contributed by atoms with E-state index in [1.54, 1.807) is 23.1 Å². The molecule has 0 unspecified atom stereocenters. The van der Waals surface area contributed by atoms with Crippen LogP contribution in [0.3, 0.4) is 0 Å². The third kappa shape index (κ3) is 4.94. The predicted octanol–water partition coefficient (Wildman–Crippen LogP) is 5.96. The normalized spacial score (nSPS) is 17.2. The second kappa shape index (κ2) is 10.2. The van der Waals surface area contributed by atoms with E-state index in [4.69, 9.17) is 0 Å². The zero-order valence-corrected chi connectivity index (χ0v) is 20.0. The molecule has 2 aromatic heterocycles. The molecule has 1 saturated heterocycles. The highest BCUT2D eigenvalue weighted by Gasteiger charge is 2.23. The highest BCUT2D eigenvalue weighted by molar-refractivity contribution is 7.98. The molecule has 3 aromatic rings. The zero-order chi connectivity index (χ0) is 21.8. The Morgan fingerprint density at radius 1 is 1.00 bits per heavy atom. The first-order valence-electron chi connectivity index (χ1n) is 11.7. The molecule has 2 aliphatic rings. The van der Waals surface area contributed by atoms with Gasteiger partial charge in [0, 0.05) is 41.7 Å². The van der Waals surface area contributed by atoms with Crippen molar-refractivity contribution in [2.24, 2.45) is 0 Å². The van der Waals surface area contributed by atoms with Crippen LogP contribution in [0.2, 0.25) is 0 Å². The van der Waals surface area contributed by atoms with Gasteiger partial charge in [-0.3, -0.25) is 4.79 Å². The van der Waals surface area contributed by atoms with Gasteiger partial charge in [-0.05, 0) is 54.8 Å². The highest BCUT2D eigenvalue weighted by atomic mass is 32.2. The van der Waals surface area contributed by atoms with Gasteiger partial charge >= 0.3 is 0 Å². The van der Waals surface area contributed by atoms with Crippen LogP contribution in [-0.2, 0) is 12.2 Å². The first-order chi connectivity index (χ1) is 15.8. The number of amides is 1. The second-order valence-electron chi connectivity index (χ2n) is 8.80. The third-order valence-corrected chi connectivity index (χ3v) is 8.44. The Morgan fingerprint density at radius 2 is 1.78 bits per heavy atom. The fourth-order valence-electron chi connectivity index (χ4n) is 4.80. The van der Waals surface area contributed by atoms with E-state index in [2.05, 4.69) is 44.4 Å². The highest BCUT2D eigenvalue weighted by Crippen LogP contribution is 2.34. The molecule has 0 radical (unpaired) electrons. The molecule has 1 aromatic carbocycles. The molecule has 168 valence electrons. The van der Waals surface area contributed by atoms with Gasteiger partial charge in [-0.25, -0.2) is 0 Å². The summed E-state index contributed by atoms with van der Waals surface area (Å²) in [5.74, 6) is 2.09. The maximum Gasteiger partial charge on any atom is 0.253 e. The lowest BCUT2D eigenvalue weighted by Crippen LogP contribution is -2.27. The number of nitrogens with zero attached hydrogens (tertiary/aromatic N) is 4. The lowest BCUT2D eigenvalue weighted by Gasteiger charge is -2.25. The summed E-state index contributed by atoms with van der Waals surface area (Å²) < 4.78 is 2.43. The molecule has 3 heterocycles. The number of likely N-dealkylation sites (tertiary alicyclic amines) is 1. The molecule has 2 fully saturated rings. The van der Waals surface area contributed by atoms with Gasteiger partial charge in [-0.2, -0.15) is 0 Å². The van der Waals surface area contributed by atoms with E-state index >= 15 is 0 Å². The van der Waals surface area contributed by atoms with Crippen molar-refractivity contribution in [3.63, 3.8) is 0 Å². The second-order valence-corrected chi connectivity index (χ2v) is 10.8. The number of thiophene rings is 1. The van der Waals surface area contributed by atoms with Gasteiger partial charge in [0.15, 0.2) is 5.16 Å². The molecular formula is C25H30N4OS2. The Labute approximate surface area is 198 Å². The smallest absolute Gasteiger partial charge is 0.253 e. The molecule has 1 aliphatic carbocycles. The van der Waals surface area contributed by atoms with Gasteiger partial charge in [0.2, 0.25) is 0 Å². The summed E-state index contributed by atoms with van der Waals surface area (Å²) in [5, 5.41) is 12.4. The molecule has 0 bridgehead atoms. The van der Waals surface area contributed by atoms with E-state index in [-0.39, 0.29) is 5.91 Å². The fraction of sp³-hybridized carbons (Fsp3) is 0.480. The molecule has 1 amide bonds. The van der Waals surface area contributed by atoms with Crippen molar-refractivity contribution in [3.05, 3.63) is 63.6 Å². The minimum Gasteiger partial charge on any atom is -0.339 e. The van der Waals surface area contributed by atoms with Gasteiger partial charge in [-0.15, -0.1) is 21.5 Å². The largest absolute Gasteiger partial charge is 0.339 e. The zero-order valence-electron chi connectivity index (χ0n) is 18.4. The summed E-state index contributed by atoms with van der Waals surface area (Å²) in [5.41, 5.74) is 2.01. The van der Waals surface area contributed by atoms with E-state index < -0.39 is 0 Å². The number of carbonyl (C=O) groups is 1. The van der Waals surface area contributed by atoms with Crippen molar-refractivity contribution in [1.82, 2.24) is 19.7 Å². The lowest BCUT2D eigenvalue weighted by molar-refractivity contribution is 0.0793. The van der Waals surface area contributed by atoms with Crippen molar-refractivity contribution >= 4 is 29.0 Å². The SMILES string of the molecule is O=C(c1ccc(CSc2nnc(Cc3cccs3)n2C2CCCCC2)cc1)N1CCCC1. The Hall–Kier alpha value is -2.12. The Balaban J connectivity index is 1.29. The average molecular weight is 467 g/mol. The van der Waals surface area contributed by atoms with Crippen LogP contribution < -0.4 is 0 Å². The maximum atomic E-state index is 12.6. The van der Waals surface area contributed by atoms with Crippen LogP contribution in [0.5, 0.6) is 0 Å². The molecule has 5 nitrogen and oxygen atoms in total. The molecule has 7 heteroatoms. The van der Waals surface area contributed by atoms with Crippen molar-refractivity contribution in [1.29, 1.82) is 0 Å². The van der Waals surface area contributed by atoms with E-state index in [1.165, 1.54) is 42.5 Å². The summed E-state index contributed by atoms with van der Waals surface area (Å²) in [4.78, 5) is 15.9. The summed E-state index contributed by atoms with van der Waals surface area (Å²) in [7, 11) is 0. The summed E-state index contributed by atoms with van der Waals surface area (Å²) in [6.45, 7) is 1.78. The number of thioether (sulfide) groups is 1. The Kier molecular flexibility index (Phi) is 6.93. The van der Waals surface area contributed by atoms with Gasteiger partial charge in [0.1, 0.15) is 5.82 Å². The minimum atomic E-state index is 0.164. The first kappa shape index (κ1) is 21.7. The van der Waals surface area contributed by atoms with E-state index in [9.17, 15) is 4.79 Å². The molecular weight excluding hydrogens is 436 g/mol. The summed E-state index contributed by atoms with van der Waals surface area (Å²) >= 11 is 3.55.